The van der Waals surface area contributed by atoms with Crippen LogP contribution >= 0.6 is 23.1 Å². The van der Waals surface area contributed by atoms with E-state index in [0.29, 0.717) is 0 Å². The number of hydrogen-bond donors (Lipinski definition) is 1. The molecule has 1 aliphatic carbocycles. The van der Waals surface area contributed by atoms with Crippen LogP contribution in [0, 0.1) is 5.92 Å². The molecule has 1 aromatic carbocycles. The van der Waals surface area contributed by atoms with Crippen molar-refractivity contribution in [2.24, 2.45) is 5.92 Å². The highest BCUT2D eigenvalue weighted by atomic mass is 32.2. The SMILES string of the molecule is CSc1cccc2sc(NC(=O)C3CCCCC3)nc12. The standard InChI is InChI=1S/C15H18N2OS2/c1-19-11-8-5-9-12-13(11)16-15(20-12)17-14(18)10-6-3-2-4-7-10/h5,8-10H,2-4,6-7H2,1H3,(H,16,17,18). The lowest BCUT2D eigenvalue weighted by Crippen LogP contribution is -2.24. The Hall–Kier alpha value is -1.07. The van der Waals surface area contributed by atoms with E-state index in [4.69, 9.17) is 0 Å². The lowest BCUT2D eigenvalue weighted by Gasteiger charge is -2.19. The largest absolute Gasteiger partial charge is 0.302 e. The van der Waals surface area contributed by atoms with Gasteiger partial charge < -0.3 is 5.32 Å². The molecule has 20 heavy (non-hydrogen) atoms. The molecule has 1 amide bonds. The van der Waals surface area contributed by atoms with Gasteiger partial charge in [-0.25, -0.2) is 4.98 Å². The van der Waals surface area contributed by atoms with Gasteiger partial charge in [0.25, 0.3) is 0 Å². The zero-order valence-electron chi connectivity index (χ0n) is 11.5. The molecule has 1 aromatic heterocycles. The molecular weight excluding hydrogens is 288 g/mol. The minimum Gasteiger partial charge on any atom is -0.302 e. The summed E-state index contributed by atoms with van der Waals surface area (Å²) in [5, 5.41) is 3.74. The molecule has 1 fully saturated rings. The van der Waals surface area contributed by atoms with E-state index in [-0.39, 0.29) is 11.8 Å². The first-order chi connectivity index (χ1) is 9.78. The predicted octanol–water partition coefficient (Wildman–Crippen LogP) is 4.54. The smallest absolute Gasteiger partial charge is 0.229 e. The summed E-state index contributed by atoms with van der Waals surface area (Å²) < 4.78 is 1.13. The first-order valence-electron chi connectivity index (χ1n) is 7.02. The minimum absolute atomic E-state index is 0.148. The summed E-state index contributed by atoms with van der Waals surface area (Å²) in [5.41, 5.74) is 1.00. The number of amides is 1. The molecule has 1 N–H and O–H groups in total. The fraction of sp³-hybridized carbons (Fsp3) is 0.467. The first-order valence-corrected chi connectivity index (χ1v) is 9.06. The summed E-state index contributed by atoms with van der Waals surface area (Å²) in [6.07, 6.45) is 7.71. The Morgan fingerprint density at radius 2 is 2.15 bits per heavy atom. The molecule has 3 rings (SSSR count). The number of thioether (sulfide) groups is 1. The number of nitrogens with one attached hydrogen (secondary N) is 1. The van der Waals surface area contributed by atoms with E-state index in [1.54, 1.807) is 23.1 Å². The summed E-state index contributed by atoms with van der Waals surface area (Å²) >= 11 is 3.25. The van der Waals surface area contributed by atoms with E-state index in [9.17, 15) is 4.79 Å². The molecule has 1 heterocycles. The van der Waals surface area contributed by atoms with Gasteiger partial charge in [-0.15, -0.1) is 11.8 Å². The van der Waals surface area contributed by atoms with Gasteiger partial charge in [0.2, 0.25) is 5.91 Å². The predicted molar refractivity (Wildman–Crippen MR) is 86.6 cm³/mol. The van der Waals surface area contributed by atoms with Crippen molar-refractivity contribution in [1.82, 2.24) is 4.98 Å². The number of rotatable bonds is 3. The molecule has 0 unspecified atom stereocenters. The average Bonchev–Trinajstić information content (AvgIpc) is 2.90. The number of hydrogen-bond acceptors (Lipinski definition) is 4. The van der Waals surface area contributed by atoms with Crippen molar-refractivity contribution in [3.8, 4) is 0 Å². The highest BCUT2D eigenvalue weighted by molar-refractivity contribution is 7.98. The second-order valence-electron chi connectivity index (χ2n) is 5.15. The van der Waals surface area contributed by atoms with Gasteiger partial charge in [0.1, 0.15) is 0 Å². The third-order valence-electron chi connectivity index (χ3n) is 3.81. The number of carbonyl (C=O) groups is 1. The number of thiazole rings is 1. The second kappa shape index (κ2) is 6.14. The Balaban J connectivity index is 1.78. The normalized spacial score (nSPS) is 16.4. The number of nitrogens with zero attached hydrogens (tertiary/aromatic N) is 1. The molecule has 0 bridgehead atoms. The molecule has 1 saturated carbocycles. The first kappa shape index (κ1) is 13.9. The maximum absolute atomic E-state index is 12.2. The van der Waals surface area contributed by atoms with E-state index in [2.05, 4.69) is 28.7 Å². The van der Waals surface area contributed by atoms with Gasteiger partial charge in [0, 0.05) is 10.8 Å². The minimum atomic E-state index is 0.148. The zero-order valence-corrected chi connectivity index (χ0v) is 13.1. The van der Waals surface area contributed by atoms with E-state index >= 15 is 0 Å². The highest BCUT2D eigenvalue weighted by Crippen LogP contribution is 2.33. The van der Waals surface area contributed by atoms with Crippen molar-refractivity contribution in [3.05, 3.63) is 18.2 Å². The summed E-state index contributed by atoms with van der Waals surface area (Å²) in [6, 6.07) is 6.17. The number of fused-ring (bicyclic) bond motifs is 1. The van der Waals surface area contributed by atoms with Crippen LogP contribution in [0.25, 0.3) is 10.2 Å². The van der Waals surface area contributed by atoms with Crippen LogP contribution in [0.15, 0.2) is 23.1 Å². The van der Waals surface area contributed by atoms with E-state index < -0.39 is 0 Å². The van der Waals surface area contributed by atoms with Gasteiger partial charge in [-0.3, -0.25) is 4.79 Å². The zero-order chi connectivity index (χ0) is 13.9. The molecule has 0 atom stereocenters. The molecule has 0 aliphatic heterocycles. The van der Waals surface area contributed by atoms with Gasteiger partial charge in [0.15, 0.2) is 5.13 Å². The Labute approximate surface area is 127 Å². The van der Waals surface area contributed by atoms with Crippen LogP contribution in [0.4, 0.5) is 5.13 Å². The topological polar surface area (TPSA) is 42.0 Å². The monoisotopic (exact) mass is 306 g/mol. The Kier molecular flexibility index (Phi) is 4.27. The molecule has 0 radical (unpaired) electrons. The van der Waals surface area contributed by atoms with E-state index in [0.717, 1.165) is 33.1 Å². The fourth-order valence-corrected chi connectivity index (χ4v) is 4.24. The van der Waals surface area contributed by atoms with E-state index in [1.165, 1.54) is 19.3 Å². The molecule has 106 valence electrons. The van der Waals surface area contributed by atoms with E-state index in [1.807, 2.05) is 6.07 Å². The van der Waals surface area contributed by atoms with Gasteiger partial charge in [-0.05, 0) is 31.2 Å². The van der Waals surface area contributed by atoms with Crippen LogP contribution in [0.2, 0.25) is 0 Å². The lowest BCUT2D eigenvalue weighted by molar-refractivity contribution is -0.120. The van der Waals surface area contributed by atoms with Crippen molar-refractivity contribution < 1.29 is 4.79 Å². The summed E-state index contributed by atoms with van der Waals surface area (Å²) in [7, 11) is 0. The fourth-order valence-electron chi connectivity index (χ4n) is 2.71. The quantitative estimate of drug-likeness (QED) is 0.847. The second-order valence-corrected chi connectivity index (χ2v) is 7.03. The van der Waals surface area contributed by atoms with Crippen LogP contribution in [0.1, 0.15) is 32.1 Å². The third kappa shape index (κ3) is 2.83. The van der Waals surface area contributed by atoms with Crippen LogP contribution in [-0.4, -0.2) is 17.1 Å². The molecule has 1 aliphatic rings. The molecular formula is C15H18N2OS2. The van der Waals surface area contributed by atoms with Crippen LogP contribution in [0.3, 0.4) is 0 Å². The van der Waals surface area contributed by atoms with Crippen molar-refractivity contribution >= 4 is 44.4 Å². The Morgan fingerprint density at radius 1 is 1.35 bits per heavy atom. The molecule has 3 nitrogen and oxygen atoms in total. The van der Waals surface area contributed by atoms with Crippen molar-refractivity contribution in [3.63, 3.8) is 0 Å². The number of carbonyl (C=O) groups excluding carboxylic acids is 1. The van der Waals surface area contributed by atoms with Gasteiger partial charge in [-0.1, -0.05) is 36.7 Å². The van der Waals surface area contributed by atoms with Gasteiger partial charge >= 0.3 is 0 Å². The van der Waals surface area contributed by atoms with Crippen molar-refractivity contribution in [2.45, 2.75) is 37.0 Å². The van der Waals surface area contributed by atoms with Gasteiger partial charge in [0.05, 0.1) is 10.2 Å². The van der Waals surface area contributed by atoms with Crippen LogP contribution in [0.5, 0.6) is 0 Å². The van der Waals surface area contributed by atoms with Crippen molar-refractivity contribution in [1.29, 1.82) is 0 Å². The average molecular weight is 306 g/mol. The molecule has 0 spiro atoms. The highest BCUT2D eigenvalue weighted by Gasteiger charge is 2.22. The maximum Gasteiger partial charge on any atom is 0.229 e. The third-order valence-corrected chi connectivity index (χ3v) is 5.51. The maximum atomic E-state index is 12.2. The molecule has 0 saturated heterocycles. The Morgan fingerprint density at radius 3 is 2.90 bits per heavy atom. The van der Waals surface area contributed by atoms with Crippen LogP contribution in [-0.2, 0) is 4.79 Å². The van der Waals surface area contributed by atoms with Gasteiger partial charge in [-0.2, -0.15) is 0 Å². The number of benzene rings is 1. The van der Waals surface area contributed by atoms with Crippen LogP contribution < -0.4 is 5.32 Å². The lowest BCUT2D eigenvalue weighted by atomic mass is 9.89. The van der Waals surface area contributed by atoms with Crippen molar-refractivity contribution in [2.75, 3.05) is 11.6 Å². The summed E-state index contributed by atoms with van der Waals surface area (Å²) in [5.74, 6) is 0.324. The molecule has 5 heteroatoms. The Bertz CT molecular complexity index is 617. The number of aromatic nitrogens is 1. The number of anilines is 1. The summed E-state index contributed by atoms with van der Waals surface area (Å²) in [6.45, 7) is 0. The molecule has 2 aromatic rings. The summed E-state index contributed by atoms with van der Waals surface area (Å²) in [4.78, 5) is 18.0. The number of para-hydroxylation sites is 1.